The largest absolute Gasteiger partial charge is 0.452 e. The van der Waals surface area contributed by atoms with Crippen molar-refractivity contribution in [3.05, 3.63) is 35.6 Å². The fourth-order valence-corrected chi connectivity index (χ4v) is 2.24. The number of rotatable bonds is 5. The van der Waals surface area contributed by atoms with Crippen molar-refractivity contribution in [2.75, 3.05) is 6.54 Å². The van der Waals surface area contributed by atoms with Crippen LogP contribution in [0.2, 0.25) is 0 Å². The quantitative estimate of drug-likeness (QED) is 0.667. The number of hydrogen-bond donors (Lipinski definition) is 1. The Kier molecular flexibility index (Phi) is 5.63. The predicted octanol–water partition coefficient (Wildman–Crippen LogP) is 2.00. The van der Waals surface area contributed by atoms with Gasteiger partial charge in [0.15, 0.2) is 11.9 Å². The molecule has 0 bridgehead atoms. The first-order valence-electron chi connectivity index (χ1n) is 7.32. The molecule has 0 radical (unpaired) electrons. The topological polar surface area (TPSA) is 72.5 Å². The van der Waals surface area contributed by atoms with E-state index in [1.807, 2.05) is 0 Å². The number of hydrogen-bond acceptors (Lipinski definition) is 4. The fraction of sp³-hybridized carbons (Fsp3) is 0.438. The molecule has 1 amide bonds. The minimum absolute atomic E-state index is 0.0290. The highest BCUT2D eigenvalue weighted by Gasteiger charge is 2.24. The number of benzene rings is 1. The highest BCUT2D eigenvalue weighted by atomic mass is 19.1. The van der Waals surface area contributed by atoms with Gasteiger partial charge in [0.1, 0.15) is 5.82 Å². The van der Waals surface area contributed by atoms with E-state index in [1.165, 1.54) is 24.3 Å². The van der Waals surface area contributed by atoms with Gasteiger partial charge in [0, 0.05) is 18.5 Å². The van der Waals surface area contributed by atoms with E-state index in [4.69, 9.17) is 4.74 Å². The number of ketones is 1. The van der Waals surface area contributed by atoms with Gasteiger partial charge in [-0.25, -0.2) is 4.39 Å². The van der Waals surface area contributed by atoms with Gasteiger partial charge >= 0.3 is 5.97 Å². The van der Waals surface area contributed by atoms with Crippen LogP contribution in [0.15, 0.2) is 24.3 Å². The maximum absolute atomic E-state index is 12.8. The van der Waals surface area contributed by atoms with Gasteiger partial charge < -0.3 is 10.1 Å². The second-order valence-corrected chi connectivity index (χ2v) is 5.20. The van der Waals surface area contributed by atoms with Crippen molar-refractivity contribution < 1.29 is 23.5 Å². The van der Waals surface area contributed by atoms with E-state index in [0.29, 0.717) is 18.5 Å². The third-order valence-electron chi connectivity index (χ3n) is 3.48. The summed E-state index contributed by atoms with van der Waals surface area (Å²) in [5, 5.41) is 2.68. The molecule has 1 aromatic rings. The zero-order chi connectivity index (χ0) is 15.9. The Morgan fingerprint density at radius 2 is 1.91 bits per heavy atom. The highest BCUT2D eigenvalue weighted by molar-refractivity contribution is 5.97. The lowest BCUT2D eigenvalue weighted by molar-refractivity contribution is -0.155. The molecule has 0 aromatic heterocycles. The van der Waals surface area contributed by atoms with Crippen LogP contribution in [0.1, 0.15) is 42.5 Å². The van der Waals surface area contributed by atoms with Crippen molar-refractivity contribution in [3.63, 3.8) is 0 Å². The van der Waals surface area contributed by atoms with Crippen molar-refractivity contribution in [2.45, 2.75) is 38.2 Å². The maximum Gasteiger partial charge on any atom is 0.307 e. The molecule has 1 heterocycles. The number of esters is 1. The van der Waals surface area contributed by atoms with Gasteiger partial charge in [0.05, 0.1) is 6.42 Å². The minimum atomic E-state index is -0.768. The zero-order valence-corrected chi connectivity index (χ0v) is 12.1. The van der Waals surface area contributed by atoms with Gasteiger partial charge in [0.2, 0.25) is 0 Å². The molecule has 1 atom stereocenters. The molecule has 1 fully saturated rings. The molecule has 6 heteroatoms. The molecule has 1 saturated heterocycles. The molecule has 2 rings (SSSR count). The average Bonchev–Trinajstić information content (AvgIpc) is 2.70. The number of Topliss-reactive ketones (excluding diaryl/α,β-unsaturated/α-hetero) is 1. The second kappa shape index (κ2) is 7.68. The molecule has 1 N–H and O–H groups in total. The van der Waals surface area contributed by atoms with Gasteiger partial charge in [-0.15, -0.1) is 0 Å². The monoisotopic (exact) mass is 307 g/mol. The van der Waals surface area contributed by atoms with E-state index < -0.39 is 17.9 Å². The summed E-state index contributed by atoms with van der Waals surface area (Å²) in [6, 6.07) is 5.15. The molecule has 1 aliphatic rings. The molecule has 5 nitrogen and oxygen atoms in total. The summed E-state index contributed by atoms with van der Waals surface area (Å²) >= 11 is 0. The highest BCUT2D eigenvalue weighted by Crippen LogP contribution is 2.12. The van der Waals surface area contributed by atoms with Gasteiger partial charge in [-0.05, 0) is 43.5 Å². The van der Waals surface area contributed by atoms with E-state index in [9.17, 15) is 18.8 Å². The van der Waals surface area contributed by atoms with Gasteiger partial charge in [-0.2, -0.15) is 0 Å². The normalized spacial score (nSPS) is 18.2. The van der Waals surface area contributed by atoms with Crippen LogP contribution < -0.4 is 5.32 Å². The smallest absolute Gasteiger partial charge is 0.307 e. The van der Waals surface area contributed by atoms with Crippen LogP contribution in [-0.4, -0.2) is 30.3 Å². The summed E-state index contributed by atoms with van der Waals surface area (Å²) in [6.45, 7) is 0.593. The van der Waals surface area contributed by atoms with Crippen LogP contribution >= 0.6 is 0 Å². The molecule has 0 saturated carbocycles. The second-order valence-electron chi connectivity index (χ2n) is 5.20. The molecule has 0 spiro atoms. The summed E-state index contributed by atoms with van der Waals surface area (Å²) in [6.07, 6.45) is 1.28. The Bertz CT molecular complexity index is 556. The first-order chi connectivity index (χ1) is 10.6. The molecule has 1 aromatic carbocycles. The van der Waals surface area contributed by atoms with Crippen molar-refractivity contribution in [1.29, 1.82) is 0 Å². The van der Waals surface area contributed by atoms with Crippen LogP contribution in [0.4, 0.5) is 4.39 Å². The number of carbonyl (C=O) groups excluding carboxylic acids is 3. The van der Waals surface area contributed by atoms with E-state index >= 15 is 0 Å². The molecule has 22 heavy (non-hydrogen) atoms. The van der Waals surface area contributed by atoms with Crippen LogP contribution in [-0.2, 0) is 14.3 Å². The van der Waals surface area contributed by atoms with Gasteiger partial charge in [-0.3, -0.25) is 14.4 Å². The van der Waals surface area contributed by atoms with E-state index in [0.717, 1.165) is 12.8 Å². The van der Waals surface area contributed by atoms with Crippen molar-refractivity contribution in [1.82, 2.24) is 5.32 Å². The standard InChI is InChI=1S/C16H18FNO4/c17-12-6-4-11(5-7-12)13(19)8-9-15(20)22-14-3-1-2-10-18-16(14)21/h4-7,14H,1-3,8-10H2,(H,18,21). The first-order valence-corrected chi connectivity index (χ1v) is 7.32. The Morgan fingerprint density at radius 3 is 2.64 bits per heavy atom. The number of nitrogens with one attached hydrogen (secondary N) is 1. The molecule has 1 aliphatic heterocycles. The molecular formula is C16H18FNO4. The number of halogens is 1. The number of amides is 1. The Hall–Kier alpha value is -2.24. The predicted molar refractivity (Wildman–Crippen MR) is 76.7 cm³/mol. The SMILES string of the molecule is O=C(CCC(=O)c1ccc(F)cc1)OC1CCCCNC1=O. The first kappa shape index (κ1) is 16.1. The van der Waals surface area contributed by atoms with E-state index in [2.05, 4.69) is 5.32 Å². The average molecular weight is 307 g/mol. The lowest BCUT2D eigenvalue weighted by atomic mass is 10.1. The maximum atomic E-state index is 12.8. The van der Waals surface area contributed by atoms with E-state index in [1.54, 1.807) is 0 Å². The van der Waals surface area contributed by atoms with E-state index in [-0.39, 0.29) is 24.5 Å². The summed E-state index contributed by atoms with van der Waals surface area (Å²) in [7, 11) is 0. The third kappa shape index (κ3) is 4.65. The van der Waals surface area contributed by atoms with Crippen LogP contribution in [0.25, 0.3) is 0 Å². The fourth-order valence-electron chi connectivity index (χ4n) is 2.24. The Labute approximate surface area is 127 Å². The van der Waals surface area contributed by atoms with Gasteiger partial charge in [-0.1, -0.05) is 0 Å². The zero-order valence-electron chi connectivity index (χ0n) is 12.1. The lowest BCUT2D eigenvalue weighted by Gasteiger charge is -2.14. The summed E-state index contributed by atoms with van der Waals surface area (Å²) in [5.74, 6) is -1.54. The number of ether oxygens (including phenoxy) is 1. The summed E-state index contributed by atoms with van der Waals surface area (Å²) in [4.78, 5) is 35.3. The van der Waals surface area contributed by atoms with Crippen LogP contribution in [0.5, 0.6) is 0 Å². The summed E-state index contributed by atoms with van der Waals surface area (Å²) < 4.78 is 17.9. The molecule has 1 unspecified atom stereocenters. The number of carbonyl (C=O) groups is 3. The summed E-state index contributed by atoms with van der Waals surface area (Å²) in [5.41, 5.74) is 0.349. The van der Waals surface area contributed by atoms with Crippen molar-refractivity contribution in [3.8, 4) is 0 Å². The van der Waals surface area contributed by atoms with Crippen LogP contribution in [0, 0.1) is 5.82 Å². The Morgan fingerprint density at radius 1 is 1.18 bits per heavy atom. The van der Waals surface area contributed by atoms with Crippen molar-refractivity contribution in [2.24, 2.45) is 0 Å². The minimum Gasteiger partial charge on any atom is -0.452 e. The molecular weight excluding hydrogens is 289 g/mol. The van der Waals surface area contributed by atoms with Crippen LogP contribution in [0.3, 0.4) is 0 Å². The van der Waals surface area contributed by atoms with Gasteiger partial charge in [0.25, 0.3) is 5.91 Å². The van der Waals surface area contributed by atoms with Crippen molar-refractivity contribution >= 4 is 17.7 Å². The molecule has 118 valence electrons. The lowest BCUT2D eigenvalue weighted by Crippen LogP contribution is -2.36. The molecule has 0 aliphatic carbocycles. The Balaban J connectivity index is 1.80. The third-order valence-corrected chi connectivity index (χ3v) is 3.48.